The molecule has 0 bridgehead atoms. The SMILES string of the molecule is COc1ccccc1N1CCN(CCN2CCCC2=O)CC1.Cl. The monoisotopic (exact) mass is 339 g/mol. The summed E-state index contributed by atoms with van der Waals surface area (Å²) in [5.41, 5.74) is 1.18. The van der Waals surface area contributed by atoms with Gasteiger partial charge in [-0.2, -0.15) is 0 Å². The fourth-order valence-electron chi connectivity index (χ4n) is 3.31. The summed E-state index contributed by atoms with van der Waals surface area (Å²) in [4.78, 5) is 18.5. The van der Waals surface area contributed by atoms with E-state index in [1.807, 2.05) is 17.0 Å². The van der Waals surface area contributed by atoms with Gasteiger partial charge in [-0.3, -0.25) is 9.69 Å². The predicted octanol–water partition coefficient (Wildman–Crippen LogP) is 1.86. The number of halogens is 1. The summed E-state index contributed by atoms with van der Waals surface area (Å²) in [6.07, 6.45) is 1.77. The molecule has 0 atom stereocenters. The number of anilines is 1. The quantitative estimate of drug-likeness (QED) is 0.820. The smallest absolute Gasteiger partial charge is 0.222 e. The van der Waals surface area contributed by atoms with E-state index in [9.17, 15) is 4.79 Å². The van der Waals surface area contributed by atoms with Gasteiger partial charge in [-0.15, -0.1) is 12.4 Å². The Kier molecular flexibility index (Phi) is 6.54. The zero-order chi connectivity index (χ0) is 15.4. The minimum Gasteiger partial charge on any atom is -0.495 e. The molecule has 2 saturated heterocycles. The first-order valence-electron chi connectivity index (χ1n) is 8.16. The molecule has 128 valence electrons. The normalized spacial score (nSPS) is 18.9. The summed E-state index contributed by atoms with van der Waals surface area (Å²) in [6, 6.07) is 8.20. The molecule has 1 aromatic carbocycles. The van der Waals surface area contributed by atoms with Gasteiger partial charge in [-0.05, 0) is 18.6 Å². The molecular formula is C17H26ClN3O2. The van der Waals surface area contributed by atoms with Gasteiger partial charge >= 0.3 is 0 Å². The van der Waals surface area contributed by atoms with E-state index in [2.05, 4.69) is 21.9 Å². The summed E-state index contributed by atoms with van der Waals surface area (Å²) >= 11 is 0. The Bertz CT molecular complexity index is 518. The molecule has 0 spiro atoms. The largest absolute Gasteiger partial charge is 0.495 e. The molecule has 2 aliphatic heterocycles. The van der Waals surface area contributed by atoms with Crippen LogP contribution in [0.3, 0.4) is 0 Å². The van der Waals surface area contributed by atoms with Gasteiger partial charge in [0.2, 0.25) is 5.91 Å². The lowest BCUT2D eigenvalue weighted by atomic mass is 10.2. The van der Waals surface area contributed by atoms with Crippen molar-refractivity contribution in [3.63, 3.8) is 0 Å². The highest BCUT2D eigenvalue weighted by atomic mass is 35.5. The summed E-state index contributed by atoms with van der Waals surface area (Å²) < 4.78 is 5.45. The second-order valence-electron chi connectivity index (χ2n) is 5.98. The highest BCUT2D eigenvalue weighted by Crippen LogP contribution is 2.28. The molecule has 1 aromatic rings. The van der Waals surface area contributed by atoms with Crippen molar-refractivity contribution < 1.29 is 9.53 Å². The van der Waals surface area contributed by atoms with Gasteiger partial charge in [-0.25, -0.2) is 0 Å². The molecule has 0 radical (unpaired) electrons. The first kappa shape index (κ1) is 17.9. The third-order valence-electron chi connectivity index (χ3n) is 4.66. The first-order chi connectivity index (χ1) is 10.8. The molecule has 0 aliphatic carbocycles. The maximum atomic E-state index is 11.6. The van der Waals surface area contributed by atoms with Gasteiger partial charge in [0.05, 0.1) is 12.8 Å². The van der Waals surface area contributed by atoms with Crippen LogP contribution in [0.2, 0.25) is 0 Å². The van der Waals surface area contributed by atoms with Crippen LogP contribution in [0, 0.1) is 0 Å². The Hall–Kier alpha value is -1.46. The fraction of sp³-hybridized carbons (Fsp3) is 0.588. The van der Waals surface area contributed by atoms with Crippen molar-refractivity contribution in [2.24, 2.45) is 0 Å². The number of nitrogens with zero attached hydrogens (tertiary/aromatic N) is 3. The Morgan fingerprint density at radius 1 is 1.04 bits per heavy atom. The number of rotatable bonds is 5. The number of amides is 1. The van der Waals surface area contributed by atoms with Gasteiger partial charge in [0.15, 0.2) is 0 Å². The Labute approximate surface area is 144 Å². The van der Waals surface area contributed by atoms with Crippen molar-refractivity contribution in [2.75, 3.05) is 57.8 Å². The first-order valence-corrected chi connectivity index (χ1v) is 8.16. The summed E-state index contributed by atoms with van der Waals surface area (Å²) in [7, 11) is 1.72. The molecule has 1 amide bonds. The number of benzene rings is 1. The van der Waals surface area contributed by atoms with E-state index in [4.69, 9.17) is 4.74 Å². The standard InChI is InChI=1S/C17H25N3O2.ClH/c1-22-16-6-3-2-5-15(16)19-12-9-18(10-13-19)11-14-20-8-4-7-17(20)21;/h2-3,5-6H,4,7-14H2,1H3;1H. The number of hydrogen-bond acceptors (Lipinski definition) is 4. The van der Waals surface area contributed by atoms with Gasteiger partial charge in [0, 0.05) is 52.2 Å². The molecule has 6 heteroatoms. The van der Waals surface area contributed by atoms with E-state index in [0.717, 1.165) is 64.4 Å². The van der Waals surface area contributed by atoms with Crippen molar-refractivity contribution in [1.29, 1.82) is 0 Å². The highest BCUT2D eigenvalue weighted by molar-refractivity contribution is 5.85. The number of ether oxygens (including phenoxy) is 1. The van der Waals surface area contributed by atoms with Gasteiger partial charge in [0.25, 0.3) is 0 Å². The van der Waals surface area contributed by atoms with Crippen molar-refractivity contribution in [1.82, 2.24) is 9.80 Å². The minimum atomic E-state index is 0. The van der Waals surface area contributed by atoms with Crippen LogP contribution in [0.4, 0.5) is 5.69 Å². The summed E-state index contributed by atoms with van der Waals surface area (Å²) in [5.74, 6) is 1.27. The molecule has 5 nitrogen and oxygen atoms in total. The number of hydrogen-bond donors (Lipinski definition) is 0. The Balaban J connectivity index is 0.00000192. The van der Waals surface area contributed by atoms with Crippen LogP contribution in [0.15, 0.2) is 24.3 Å². The lowest BCUT2D eigenvalue weighted by Gasteiger charge is -2.37. The van der Waals surface area contributed by atoms with E-state index >= 15 is 0 Å². The number of piperazine rings is 1. The predicted molar refractivity (Wildman–Crippen MR) is 94.7 cm³/mol. The minimum absolute atomic E-state index is 0. The number of carbonyl (C=O) groups excluding carboxylic acids is 1. The van der Waals surface area contributed by atoms with Gasteiger partial charge in [0.1, 0.15) is 5.75 Å². The zero-order valence-electron chi connectivity index (χ0n) is 13.7. The van der Waals surface area contributed by atoms with Crippen molar-refractivity contribution in [2.45, 2.75) is 12.8 Å². The molecule has 3 rings (SSSR count). The number of para-hydroxylation sites is 2. The lowest BCUT2D eigenvalue weighted by molar-refractivity contribution is -0.127. The Morgan fingerprint density at radius 2 is 1.78 bits per heavy atom. The molecule has 0 N–H and O–H groups in total. The van der Waals surface area contributed by atoms with Gasteiger partial charge in [-0.1, -0.05) is 12.1 Å². The van der Waals surface area contributed by atoms with Crippen LogP contribution in [-0.2, 0) is 4.79 Å². The number of methoxy groups -OCH3 is 1. The van der Waals surface area contributed by atoms with Crippen LogP contribution in [0.1, 0.15) is 12.8 Å². The van der Waals surface area contributed by atoms with Crippen molar-refractivity contribution in [3.05, 3.63) is 24.3 Å². The maximum Gasteiger partial charge on any atom is 0.222 e. The summed E-state index contributed by atoms with van der Waals surface area (Å²) in [6.45, 7) is 6.92. The van der Waals surface area contributed by atoms with E-state index in [1.165, 1.54) is 5.69 Å². The van der Waals surface area contributed by atoms with Crippen LogP contribution in [-0.4, -0.2) is 68.6 Å². The van der Waals surface area contributed by atoms with E-state index < -0.39 is 0 Å². The van der Waals surface area contributed by atoms with Crippen molar-refractivity contribution >= 4 is 24.0 Å². The van der Waals surface area contributed by atoms with Gasteiger partial charge < -0.3 is 14.5 Å². The molecule has 0 unspecified atom stereocenters. The third-order valence-corrected chi connectivity index (χ3v) is 4.66. The van der Waals surface area contributed by atoms with Crippen LogP contribution >= 0.6 is 12.4 Å². The van der Waals surface area contributed by atoms with Crippen LogP contribution in [0.5, 0.6) is 5.75 Å². The second-order valence-corrected chi connectivity index (χ2v) is 5.98. The number of likely N-dealkylation sites (tertiary alicyclic amines) is 1. The summed E-state index contributed by atoms with van der Waals surface area (Å²) in [5, 5.41) is 0. The molecular weight excluding hydrogens is 314 g/mol. The Morgan fingerprint density at radius 3 is 2.43 bits per heavy atom. The van der Waals surface area contributed by atoms with Crippen molar-refractivity contribution in [3.8, 4) is 5.75 Å². The van der Waals surface area contributed by atoms with E-state index in [-0.39, 0.29) is 12.4 Å². The third kappa shape index (κ3) is 4.30. The molecule has 0 aromatic heterocycles. The second kappa shape index (κ2) is 8.41. The zero-order valence-corrected chi connectivity index (χ0v) is 14.6. The average Bonchev–Trinajstić information content (AvgIpc) is 2.98. The lowest BCUT2D eigenvalue weighted by Crippen LogP contribution is -2.48. The van der Waals surface area contributed by atoms with Crippen LogP contribution in [0.25, 0.3) is 0 Å². The molecule has 23 heavy (non-hydrogen) atoms. The molecule has 2 aliphatic rings. The number of carbonyl (C=O) groups is 1. The van der Waals surface area contributed by atoms with Crippen LogP contribution < -0.4 is 9.64 Å². The molecule has 2 heterocycles. The molecule has 2 fully saturated rings. The highest BCUT2D eigenvalue weighted by Gasteiger charge is 2.23. The van der Waals surface area contributed by atoms with E-state index in [1.54, 1.807) is 7.11 Å². The fourth-order valence-corrected chi connectivity index (χ4v) is 3.31. The molecule has 0 saturated carbocycles. The topological polar surface area (TPSA) is 36.0 Å². The van der Waals surface area contributed by atoms with E-state index in [0.29, 0.717) is 5.91 Å². The maximum absolute atomic E-state index is 11.6. The average molecular weight is 340 g/mol.